The van der Waals surface area contributed by atoms with E-state index in [4.69, 9.17) is 0 Å². The van der Waals surface area contributed by atoms with Crippen LogP contribution < -0.4 is 5.32 Å². The number of hydrogen-bond acceptors (Lipinski definition) is 3. The first-order valence-corrected chi connectivity index (χ1v) is 5.42. The van der Waals surface area contributed by atoms with Crippen LogP contribution in [0.4, 0.5) is 0 Å². The molecule has 1 atom stereocenters. The van der Waals surface area contributed by atoms with Crippen LogP contribution in [-0.2, 0) is 0 Å². The highest BCUT2D eigenvalue weighted by molar-refractivity contribution is 9.10. The van der Waals surface area contributed by atoms with Gasteiger partial charge in [0, 0.05) is 16.1 Å². The summed E-state index contributed by atoms with van der Waals surface area (Å²) >= 11 is 3.30. The number of rotatable bonds is 1. The third-order valence-electron chi connectivity index (χ3n) is 2.52. The van der Waals surface area contributed by atoms with Crippen molar-refractivity contribution in [2.45, 2.75) is 18.9 Å². The van der Waals surface area contributed by atoms with Crippen molar-refractivity contribution in [1.82, 2.24) is 5.32 Å². The third kappa shape index (κ3) is 1.72. The van der Waals surface area contributed by atoms with Gasteiger partial charge in [0.25, 0.3) is 0 Å². The summed E-state index contributed by atoms with van der Waals surface area (Å²) in [5.74, 6) is -0.0734. The third-order valence-corrected chi connectivity index (χ3v) is 2.98. The molecule has 2 rings (SSSR count). The van der Waals surface area contributed by atoms with Gasteiger partial charge in [0.1, 0.15) is 0 Å². The maximum Gasteiger partial charge on any atom is 0.162 e. The predicted octanol–water partition coefficient (Wildman–Crippen LogP) is 2.28. The molecular weight excluding hydrogens is 246 g/mol. The second kappa shape index (κ2) is 3.79. The summed E-state index contributed by atoms with van der Waals surface area (Å²) in [6.07, 6.45) is 2.11. The van der Waals surface area contributed by atoms with Crippen LogP contribution in [0, 0.1) is 0 Å². The summed E-state index contributed by atoms with van der Waals surface area (Å²) in [5.41, 5.74) is 0.773. The van der Waals surface area contributed by atoms with Gasteiger partial charge in [-0.15, -0.1) is 0 Å². The van der Waals surface area contributed by atoms with Gasteiger partial charge in [-0.3, -0.25) is 0 Å². The molecule has 4 heteroatoms. The molecule has 1 heterocycles. The zero-order chi connectivity index (χ0) is 10.1. The fourth-order valence-corrected chi connectivity index (χ4v) is 2.28. The lowest BCUT2D eigenvalue weighted by molar-refractivity contribution is 0.393. The Kier molecular flexibility index (Phi) is 2.65. The number of nitrogens with one attached hydrogen (secondary N) is 1. The quantitative estimate of drug-likeness (QED) is 0.677. The number of aromatic hydroxyl groups is 2. The zero-order valence-electron chi connectivity index (χ0n) is 7.63. The van der Waals surface area contributed by atoms with E-state index in [9.17, 15) is 10.2 Å². The van der Waals surface area contributed by atoms with Crippen molar-refractivity contribution in [3.8, 4) is 11.5 Å². The molecule has 3 N–H and O–H groups in total. The molecule has 1 aromatic rings. The zero-order valence-corrected chi connectivity index (χ0v) is 9.21. The van der Waals surface area contributed by atoms with Crippen LogP contribution in [0.1, 0.15) is 24.4 Å². The van der Waals surface area contributed by atoms with E-state index in [0.717, 1.165) is 29.4 Å². The summed E-state index contributed by atoms with van der Waals surface area (Å²) in [6.45, 7) is 0.970. The van der Waals surface area contributed by atoms with Crippen molar-refractivity contribution in [2.24, 2.45) is 0 Å². The molecule has 0 radical (unpaired) electrons. The fourth-order valence-electron chi connectivity index (χ4n) is 1.82. The predicted molar refractivity (Wildman–Crippen MR) is 57.4 cm³/mol. The summed E-state index contributed by atoms with van der Waals surface area (Å²) in [4.78, 5) is 0. The number of hydrogen-bond donors (Lipinski definition) is 3. The molecule has 0 saturated carbocycles. The van der Waals surface area contributed by atoms with Crippen LogP contribution in [0.5, 0.6) is 11.5 Å². The molecule has 1 aromatic carbocycles. The SMILES string of the molecule is Oc1cc(Br)cc(C2CCCN2)c1O. The minimum absolute atomic E-state index is 0.00685. The Bertz CT molecular complexity index is 348. The normalized spacial score (nSPS) is 21.4. The maximum absolute atomic E-state index is 9.67. The van der Waals surface area contributed by atoms with Crippen LogP contribution in [0.15, 0.2) is 16.6 Å². The fraction of sp³-hybridized carbons (Fsp3) is 0.400. The van der Waals surface area contributed by atoms with E-state index in [1.54, 1.807) is 0 Å². The molecule has 1 aliphatic heterocycles. The summed E-state index contributed by atoms with van der Waals surface area (Å²) in [7, 11) is 0. The van der Waals surface area contributed by atoms with Gasteiger partial charge in [0.2, 0.25) is 0 Å². The van der Waals surface area contributed by atoms with Gasteiger partial charge in [-0.2, -0.15) is 0 Å². The Balaban J connectivity index is 2.40. The lowest BCUT2D eigenvalue weighted by Crippen LogP contribution is -2.12. The number of phenolic OH excluding ortho intramolecular Hbond substituents is 2. The lowest BCUT2D eigenvalue weighted by atomic mass is 10.0. The molecule has 14 heavy (non-hydrogen) atoms. The minimum atomic E-state index is -0.0666. The molecule has 0 amide bonds. The van der Waals surface area contributed by atoms with E-state index < -0.39 is 0 Å². The van der Waals surface area contributed by atoms with E-state index in [0.29, 0.717) is 0 Å². The summed E-state index contributed by atoms with van der Waals surface area (Å²) < 4.78 is 0.788. The van der Waals surface area contributed by atoms with Crippen LogP contribution in [-0.4, -0.2) is 16.8 Å². The highest BCUT2D eigenvalue weighted by Crippen LogP contribution is 2.38. The smallest absolute Gasteiger partial charge is 0.162 e. The van der Waals surface area contributed by atoms with Crippen molar-refractivity contribution in [3.05, 3.63) is 22.2 Å². The molecule has 76 valence electrons. The van der Waals surface area contributed by atoms with Crippen molar-refractivity contribution >= 4 is 15.9 Å². The highest BCUT2D eigenvalue weighted by Gasteiger charge is 2.21. The Morgan fingerprint density at radius 2 is 2.14 bits per heavy atom. The Hall–Kier alpha value is -0.740. The van der Waals surface area contributed by atoms with Gasteiger partial charge in [0.05, 0.1) is 0 Å². The van der Waals surface area contributed by atoms with Crippen LogP contribution in [0.3, 0.4) is 0 Å². The van der Waals surface area contributed by atoms with Crippen molar-refractivity contribution in [3.63, 3.8) is 0 Å². The maximum atomic E-state index is 9.67. The van der Waals surface area contributed by atoms with Crippen molar-refractivity contribution in [1.29, 1.82) is 0 Å². The van der Waals surface area contributed by atoms with E-state index in [1.807, 2.05) is 6.07 Å². The average molecular weight is 258 g/mol. The van der Waals surface area contributed by atoms with Crippen LogP contribution in [0.25, 0.3) is 0 Å². The molecule has 3 nitrogen and oxygen atoms in total. The molecule has 0 bridgehead atoms. The second-order valence-corrected chi connectivity index (χ2v) is 4.43. The molecule has 0 aliphatic carbocycles. The standard InChI is InChI=1S/C10H12BrNO2/c11-6-4-7(8-2-1-3-12-8)10(14)9(13)5-6/h4-5,8,12-14H,1-3H2. The van der Waals surface area contributed by atoms with Gasteiger partial charge >= 0.3 is 0 Å². The van der Waals surface area contributed by atoms with Gasteiger partial charge in [-0.05, 0) is 31.5 Å². The number of phenols is 2. The largest absolute Gasteiger partial charge is 0.504 e. The van der Waals surface area contributed by atoms with Crippen LogP contribution in [0.2, 0.25) is 0 Å². The first-order chi connectivity index (χ1) is 6.68. The van der Waals surface area contributed by atoms with Crippen LogP contribution >= 0.6 is 15.9 Å². The molecule has 1 aliphatic rings. The van der Waals surface area contributed by atoms with Gasteiger partial charge in [0.15, 0.2) is 11.5 Å². The monoisotopic (exact) mass is 257 g/mol. The number of benzene rings is 1. The van der Waals surface area contributed by atoms with Gasteiger partial charge in [-0.25, -0.2) is 0 Å². The summed E-state index contributed by atoms with van der Waals surface area (Å²) in [5, 5.41) is 22.4. The molecule has 0 aromatic heterocycles. The van der Waals surface area contributed by atoms with Crippen molar-refractivity contribution in [2.75, 3.05) is 6.54 Å². The Morgan fingerprint density at radius 3 is 2.79 bits per heavy atom. The second-order valence-electron chi connectivity index (χ2n) is 3.51. The molecule has 1 unspecified atom stereocenters. The van der Waals surface area contributed by atoms with Gasteiger partial charge in [-0.1, -0.05) is 15.9 Å². The molecule has 1 fully saturated rings. The van der Waals surface area contributed by atoms with Gasteiger partial charge < -0.3 is 15.5 Å². The topological polar surface area (TPSA) is 52.5 Å². The first-order valence-electron chi connectivity index (χ1n) is 4.63. The molecular formula is C10H12BrNO2. The van der Waals surface area contributed by atoms with E-state index in [2.05, 4.69) is 21.2 Å². The summed E-state index contributed by atoms with van der Waals surface area (Å²) in [6, 6.07) is 3.50. The average Bonchev–Trinajstić information content (AvgIpc) is 2.63. The first kappa shape index (κ1) is 9.80. The van der Waals surface area contributed by atoms with E-state index in [1.165, 1.54) is 6.07 Å². The molecule has 0 spiro atoms. The highest BCUT2D eigenvalue weighted by atomic mass is 79.9. The van der Waals surface area contributed by atoms with Crippen molar-refractivity contribution < 1.29 is 10.2 Å². The minimum Gasteiger partial charge on any atom is -0.504 e. The molecule has 1 saturated heterocycles. The Morgan fingerprint density at radius 1 is 1.36 bits per heavy atom. The van der Waals surface area contributed by atoms with E-state index >= 15 is 0 Å². The van der Waals surface area contributed by atoms with E-state index in [-0.39, 0.29) is 17.5 Å². The lowest BCUT2D eigenvalue weighted by Gasteiger charge is -2.13. The Labute approximate surface area is 90.9 Å². The number of halogens is 1.